The third kappa shape index (κ3) is 11.1. The van der Waals surface area contributed by atoms with Crippen molar-refractivity contribution in [2.24, 2.45) is 5.73 Å². The molecule has 0 rings (SSSR count). The van der Waals surface area contributed by atoms with E-state index in [4.69, 9.17) is 15.6 Å². The number of hydrogen-bond donors (Lipinski definition) is 2. The van der Waals surface area contributed by atoms with Crippen molar-refractivity contribution in [3.8, 4) is 0 Å². The SMILES string of the molecule is CC.CC(C)OC(=O)OCC(C)(N)CO. The summed E-state index contributed by atoms with van der Waals surface area (Å²) in [7, 11) is 0. The summed E-state index contributed by atoms with van der Waals surface area (Å²) in [5, 5.41) is 8.73. The molecule has 0 aromatic rings. The Morgan fingerprint density at radius 1 is 1.47 bits per heavy atom. The number of carbonyl (C=O) groups is 1. The smallest absolute Gasteiger partial charge is 0.432 e. The van der Waals surface area contributed by atoms with Gasteiger partial charge >= 0.3 is 6.16 Å². The average Bonchev–Trinajstić information content (AvgIpc) is 2.17. The second kappa shape index (κ2) is 8.49. The second-order valence-electron chi connectivity index (χ2n) is 3.52. The number of aliphatic hydroxyl groups is 1. The van der Waals surface area contributed by atoms with E-state index in [1.54, 1.807) is 20.8 Å². The Morgan fingerprint density at radius 3 is 2.27 bits per heavy atom. The van der Waals surface area contributed by atoms with Crippen LogP contribution in [0.15, 0.2) is 0 Å². The van der Waals surface area contributed by atoms with Crippen LogP contribution < -0.4 is 5.73 Å². The number of nitrogens with two attached hydrogens (primary N) is 1. The van der Waals surface area contributed by atoms with Crippen molar-refractivity contribution in [2.45, 2.75) is 46.3 Å². The van der Waals surface area contributed by atoms with Gasteiger partial charge in [-0.3, -0.25) is 0 Å². The van der Waals surface area contributed by atoms with E-state index >= 15 is 0 Å². The van der Waals surface area contributed by atoms with Crippen LogP contribution in [0, 0.1) is 0 Å². The van der Waals surface area contributed by atoms with E-state index in [2.05, 4.69) is 4.74 Å². The predicted octanol–water partition coefficient (Wildman–Crippen LogP) is 1.28. The molecule has 3 N–H and O–H groups in total. The monoisotopic (exact) mass is 221 g/mol. The molecule has 0 radical (unpaired) electrons. The highest BCUT2D eigenvalue weighted by Gasteiger charge is 2.20. The van der Waals surface area contributed by atoms with Gasteiger partial charge in [0.1, 0.15) is 6.61 Å². The molecule has 0 aromatic heterocycles. The van der Waals surface area contributed by atoms with Gasteiger partial charge in [0.05, 0.1) is 18.2 Å². The molecule has 1 atom stereocenters. The molecule has 0 bridgehead atoms. The van der Waals surface area contributed by atoms with Crippen LogP contribution in [-0.4, -0.2) is 36.1 Å². The van der Waals surface area contributed by atoms with Gasteiger partial charge in [-0.05, 0) is 20.8 Å². The van der Waals surface area contributed by atoms with Gasteiger partial charge in [-0.2, -0.15) is 0 Å². The van der Waals surface area contributed by atoms with Crippen LogP contribution in [0.4, 0.5) is 4.79 Å². The molecule has 0 aromatic carbocycles. The molecule has 0 aliphatic heterocycles. The van der Waals surface area contributed by atoms with Gasteiger partial charge < -0.3 is 20.3 Å². The summed E-state index contributed by atoms with van der Waals surface area (Å²) >= 11 is 0. The summed E-state index contributed by atoms with van der Waals surface area (Å²) in [6.07, 6.45) is -0.981. The van der Waals surface area contributed by atoms with Crippen LogP contribution in [0.3, 0.4) is 0 Å². The summed E-state index contributed by atoms with van der Waals surface area (Å²) in [6.45, 7) is 8.70. The van der Waals surface area contributed by atoms with Crippen molar-refractivity contribution in [2.75, 3.05) is 13.2 Å². The first-order valence-electron chi connectivity index (χ1n) is 5.10. The average molecular weight is 221 g/mol. The van der Waals surface area contributed by atoms with Gasteiger partial charge in [0.2, 0.25) is 0 Å². The molecule has 0 saturated carbocycles. The lowest BCUT2D eigenvalue weighted by atomic mass is 10.1. The minimum atomic E-state index is -0.907. The van der Waals surface area contributed by atoms with Gasteiger partial charge in [-0.1, -0.05) is 13.8 Å². The van der Waals surface area contributed by atoms with Gasteiger partial charge in [0, 0.05) is 0 Å². The Kier molecular flexibility index (Phi) is 9.41. The van der Waals surface area contributed by atoms with Gasteiger partial charge in [-0.15, -0.1) is 0 Å². The number of carbonyl (C=O) groups excluding carboxylic acids is 1. The van der Waals surface area contributed by atoms with Crippen molar-refractivity contribution >= 4 is 6.16 Å². The summed E-state index contributed by atoms with van der Waals surface area (Å²) in [5.41, 5.74) is 4.61. The van der Waals surface area contributed by atoms with E-state index in [-0.39, 0.29) is 19.3 Å². The zero-order chi connectivity index (χ0) is 12.5. The van der Waals surface area contributed by atoms with Gasteiger partial charge in [0.15, 0.2) is 0 Å². The van der Waals surface area contributed by atoms with Crippen LogP contribution in [-0.2, 0) is 9.47 Å². The quantitative estimate of drug-likeness (QED) is 0.699. The molecule has 5 heteroatoms. The highest BCUT2D eigenvalue weighted by molar-refractivity contribution is 5.60. The summed E-state index contributed by atoms with van der Waals surface area (Å²) in [4.78, 5) is 10.8. The minimum Gasteiger partial charge on any atom is -0.432 e. The molecule has 92 valence electrons. The fourth-order valence-electron chi connectivity index (χ4n) is 0.496. The van der Waals surface area contributed by atoms with E-state index in [0.29, 0.717) is 0 Å². The third-order valence-electron chi connectivity index (χ3n) is 1.21. The Balaban J connectivity index is 0. The molecule has 15 heavy (non-hydrogen) atoms. The molecule has 0 aliphatic carbocycles. The highest BCUT2D eigenvalue weighted by atomic mass is 16.7. The molecular formula is C10H23NO4. The molecule has 0 heterocycles. The van der Waals surface area contributed by atoms with Crippen molar-refractivity contribution < 1.29 is 19.4 Å². The van der Waals surface area contributed by atoms with Gasteiger partial charge in [-0.25, -0.2) is 4.79 Å². The number of hydrogen-bond acceptors (Lipinski definition) is 5. The standard InChI is InChI=1S/C8H17NO4.C2H6/c1-6(2)13-7(11)12-5-8(3,9)4-10;1-2/h6,10H,4-5,9H2,1-3H3;1-2H3. The summed E-state index contributed by atoms with van der Waals surface area (Å²) in [5.74, 6) is 0. The largest absolute Gasteiger partial charge is 0.508 e. The lowest BCUT2D eigenvalue weighted by molar-refractivity contribution is 0.0161. The van der Waals surface area contributed by atoms with Crippen LogP contribution in [0.25, 0.3) is 0 Å². The Labute approximate surface area is 91.6 Å². The first-order chi connectivity index (χ1) is 6.87. The molecule has 0 fully saturated rings. The topological polar surface area (TPSA) is 81.8 Å². The molecular weight excluding hydrogens is 198 g/mol. The maximum Gasteiger partial charge on any atom is 0.508 e. The van der Waals surface area contributed by atoms with Crippen LogP contribution in [0.1, 0.15) is 34.6 Å². The van der Waals surface area contributed by atoms with E-state index < -0.39 is 11.7 Å². The van der Waals surface area contributed by atoms with E-state index in [1.165, 1.54) is 0 Å². The van der Waals surface area contributed by atoms with Crippen LogP contribution in [0.2, 0.25) is 0 Å². The third-order valence-corrected chi connectivity index (χ3v) is 1.21. The zero-order valence-electron chi connectivity index (χ0n) is 10.2. The van der Waals surface area contributed by atoms with E-state index in [9.17, 15) is 4.79 Å². The summed E-state index contributed by atoms with van der Waals surface area (Å²) < 4.78 is 9.35. The molecule has 1 unspecified atom stereocenters. The molecule has 0 spiro atoms. The number of rotatable bonds is 4. The first kappa shape index (κ1) is 16.6. The van der Waals surface area contributed by atoms with E-state index in [0.717, 1.165) is 0 Å². The Bertz CT molecular complexity index is 169. The molecule has 0 amide bonds. The molecule has 5 nitrogen and oxygen atoms in total. The van der Waals surface area contributed by atoms with E-state index in [1.807, 2.05) is 13.8 Å². The Hall–Kier alpha value is -0.810. The first-order valence-corrected chi connectivity index (χ1v) is 5.10. The maximum atomic E-state index is 10.8. The summed E-state index contributed by atoms with van der Waals surface area (Å²) in [6, 6.07) is 0. The Morgan fingerprint density at radius 2 is 1.93 bits per heavy atom. The normalized spacial score (nSPS) is 13.6. The minimum absolute atomic E-state index is 0.0605. The fraction of sp³-hybridized carbons (Fsp3) is 0.900. The number of aliphatic hydroxyl groups excluding tert-OH is 1. The molecule has 0 saturated heterocycles. The van der Waals surface area contributed by atoms with Crippen molar-refractivity contribution in [3.05, 3.63) is 0 Å². The predicted molar refractivity (Wildman–Crippen MR) is 58.6 cm³/mol. The lowest BCUT2D eigenvalue weighted by Crippen LogP contribution is -2.45. The van der Waals surface area contributed by atoms with Crippen molar-refractivity contribution in [1.29, 1.82) is 0 Å². The van der Waals surface area contributed by atoms with Gasteiger partial charge in [0.25, 0.3) is 0 Å². The highest BCUT2D eigenvalue weighted by Crippen LogP contribution is 2.00. The lowest BCUT2D eigenvalue weighted by Gasteiger charge is -2.20. The maximum absolute atomic E-state index is 10.8. The second-order valence-corrected chi connectivity index (χ2v) is 3.52. The molecule has 0 aliphatic rings. The van der Waals surface area contributed by atoms with Crippen LogP contribution >= 0.6 is 0 Å². The van der Waals surface area contributed by atoms with Crippen LogP contribution in [0.5, 0.6) is 0 Å². The van der Waals surface area contributed by atoms with Crippen molar-refractivity contribution in [1.82, 2.24) is 0 Å². The fourth-order valence-corrected chi connectivity index (χ4v) is 0.496. The number of ether oxygens (including phenoxy) is 2. The zero-order valence-corrected chi connectivity index (χ0v) is 10.2. The van der Waals surface area contributed by atoms with Crippen molar-refractivity contribution in [3.63, 3.8) is 0 Å².